The van der Waals surface area contributed by atoms with E-state index in [-0.39, 0.29) is 10.8 Å². The van der Waals surface area contributed by atoms with Crippen LogP contribution in [-0.2, 0) is 19.6 Å². The average molecular weight is 353 g/mol. The normalized spacial score (nSPS) is 22.9. The lowest BCUT2D eigenvalue weighted by molar-refractivity contribution is -0.128. The summed E-state index contributed by atoms with van der Waals surface area (Å²) in [6.07, 6.45) is 2.29. The first-order valence-electron chi connectivity index (χ1n) is 8.31. The third kappa shape index (κ3) is 3.94. The highest BCUT2D eigenvalue weighted by Gasteiger charge is 2.27. The van der Waals surface area contributed by atoms with E-state index in [4.69, 9.17) is 4.74 Å². The lowest BCUT2D eigenvalue weighted by Gasteiger charge is -2.26. The summed E-state index contributed by atoms with van der Waals surface area (Å²) in [5, 5.41) is 5.83. The molecular weight excluding hydrogens is 330 g/mol. The Morgan fingerprint density at radius 1 is 1.25 bits per heavy atom. The highest BCUT2D eigenvalue weighted by Crippen LogP contribution is 2.23. The summed E-state index contributed by atoms with van der Waals surface area (Å²) in [4.78, 5) is 12.4. The molecule has 24 heavy (non-hydrogen) atoms. The molecule has 132 valence electrons. The van der Waals surface area contributed by atoms with Crippen molar-refractivity contribution < 1.29 is 17.9 Å². The molecule has 1 amide bonds. The smallest absolute Gasteiger partial charge is 0.254 e. The summed E-state index contributed by atoms with van der Waals surface area (Å²) >= 11 is 0. The van der Waals surface area contributed by atoms with Gasteiger partial charge in [0, 0.05) is 31.9 Å². The molecule has 3 rings (SSSR count). The molecule has 2 aliphatic rings. The van der Waals surface area contributed by atoms with Crippen molar-refractivity contribution in [1.29, 1.82) is 0 Å². The zero-order valence-corrected chi connectivity index (χ0v) is 14.3. The molecule has 0 radical (unpaired) electrons. The zero-order valence-electron chi connectivity index (χ0n) is 13.5. The Morgan fingerprint density at radius 3 is 2.75 bits per heavy atom. The molecule has 0 bridgehead atoms. The van der Waals surface area contributed by atoms with E-state index in [1.165, 1.54) is 10.4 Å². The van der Waals surface area contributed by atoms with Gasteiger partial charge >= 0.3 is 0 Å². The average Bonchev–Trinajstić information content (AvgIpc) is 2.63. The minimum absolute atomic E-state index is 0.213. The second-order valence-electron chi connectivity index (χ2n) is 6.05. The fourth-order valence-corrected chi connectivity index (χ4v) is 4.51. The first-order valence-corrected chi connectivity index (χ1v) is 9.75. The van der Waals surface area contributed by atoms with Gasteiger partial charge in [0.15, 0.2) is 0 Å². The number of morpholine rings is 1. The fourth-order valence-electron chi connectivity index (χ4n) is 2.95. The van der Waals surface area contributed by atoms with Crippen molar-refractivity contribution >= 4 is 21.6 Å². The van der Waals surface area contributed by atoms with Crippen LogP contribution < -0.4 is 10.6 Å². The highest BCUT2D eigenvalue weighted by molar-refractivity contribution is 7.89. The fraction of sp³-hybridized carbons (Fsp3) is 0.562. The van der Waals surface area contributed by atoms with E-state index in [9.17, 15) is 13.2 Å². The number of carbonyl (C=O) groups is 1. The summed E-state index contributed by atoms with van der Waals surface area (Å²) in [7, 11) is -3.51. The molecule has 1 aromatic rings. The van der Waals surface area contributed by atoms with Gasteiger partial charge in [0.05, 0.1) is 11.5 Å². The van der Waals surface area contributed by atoms with Gasteiger partial charge in [-0.3, -0.25) is 4.79 Å². The summed E-state index contributed by atoms with van der Waals surface area (Å²) < 4.78 is 32.3. The number of hydrogen-bond acceptors (Lipinski definition) is 5. The predicted octanol–water partition coefficient (Wildman–Crippen LogP) is 0.788. The van der Waals surface area contributed by atoms with E-state index in [2.05, 4.69) is 10.6 Å². The number of piperidine rings is 1. The minimum atomic E-state index is -3.51. The number of anilines is 1. The van der Waals surface area contributed by atoms with Crippen molar-refractivity contribution in [2.75, 3.05) is 38.1 Å². The molecule has 2 fully saturated rings. The van der Waals surface area contributed by atoms with Crippen LogP contribution in [0.25, 0.3) is 0 Å². The van der Waals surface area contributed by atoms with Gasteiger partial charge in [-0.05, 0) is 31.0 Å². The number of rotatable bonds is 4. The van der Waals surface area contributed by atoms with Crippen molar-refractivity contribution in [3.05, 3.63) is 24.3 Å². The lowest BCUT2D eigenvalue weighted by atomic mass is 10.2. The molecule has 2 saturated heterocycles. The Kier molecular flexibility index (Phi) is 5.50. The van der Waals surface area contributed by atoms with Gasteiger partial charge in [-0.25, -0.2) is 8.42 Å². The molecule has 2 heterocycles. The number of nitrogens with one attached hydrogen (secondary N) is 2. The second kappa shape index (κ2) is 7.60. The third-order valence-electron chi connectivity index (χ3n) is 4.27. The van der Waals surface area contributed by atoms with Crippen LogP contribution in [0.15, 0.2) is 29.2 Å². The molecule has 1 aromatic carbocycles. The number of hydrogen-bond donors (Lipinski definition) is 2. The maximum absolute atomic E-state index is 12.7. The van der Waals surface area contributed by atoms with Crippen molar-refractivity contribution in [2.45, 2.75) is 30.3 Å². The highest BCUT2D eigenvalue weighted by atomic mass is 32.2. The van der Waals surface area contributed by atoms with Crippen molar-refractivity contribution in [2.24, 2.45) is 0 Å². The standard InChI is InChI=1S/C16H23N3O4S/c20-16(15-12-17-7-10-23-15)18-13-5-4-6-14(11-13)24(21,22)19-8-2-1-3-9-19/h4-6,11,15,17H,1-3,7-10,12H2,(H,18,20). The molecule has 2 N–H and O–H groups in total. The van der Waals surface area contributed by atoms with Crippen LogP contribution in [0.5, 0.6) is 0 Å². The van der Waals surface area contributed by atoms with E-state index >= 15 is 0 Å². The monoisotopic (exact) mass is 353 g/mol. The minimum Gasteiger partial charge on any atom is -0.366 e. The molecule has 1 unspecified atom stereocenters. The third-order valence-corrected chi connectivity index (χ3v) is 6.17. The molecule has 0 spiro atoms. The maximum Gasteiger partial charge on any atom is 0.254 e. The van der Waals surface area contributed by atoms with Crippen LogP contribution in [0.3, 0.4) is 0 Å². The lowest BCUT2D eigenvalue weighted by Crippen LogP contribution is -2.45. The largest absolute Gasteiger partial charge is 0.366 e. The summed E-state index contributed by atoms with van der Waals surface area (Å²) in [6, 6.07) is 6.41. The number of nitrogens with zero attached hydrogens (tertiary/aromatic N) is 1. The number of sulfonamides is 1. The van der Waals surface area contributed by atoms with E-state index in [0.29, 0.717) is 31.9 Å². The Bertz CT molecular complexity index is 680. The number of benzene rings is 1. The molecular formula is C16H23N3O4S. The van der Waals surface area contributed by atoms with Gasteiger partial charge in [-0.15, -0.1) is 0 Å². The summed E-state index contributed by atoms with van der Waals surface area (Å²) in [5.41, 5.74) is 0.465. The van der Waals surface area contributed by atoms with Crippen LogP contribution in [0.1, 0.15) is 19.3 Å². The van der Waals surface area contributed by atoms with Gasteiger partial charge in [-0.1, -0.05) is 12.5 Å². The quantitative estimate of drug-likeness (QED) is 0.836. The van der Waals surface area contributed by atoms with E-state index in [1.807, 2.05) is 0 Å². The van der Waals surface area contributed by atoms with Gasteiger partial charge < -0.3 is 15.4 Å². The van der Waals surface area contributed by atoms with Crippen LogP contribution in [-0.4, -0.2) is 57.5 Å². The zero-order chi connectivity index (χ0) is 17.0. The van der Waals surface area contributed by atoms with Crippen LogP contribution in [0, 0.1) is 0 Å². The predicted molar refractivity (Wildman–Crippen MR) is 90.3 cm³/mol. The van der Waals surface area contributed by atoms with Crippen LogP contribution in [0.2, 0.25) is 0 Å². The van der Waals surface area contributed by atoms with Crippen molar-refractivity contribution in [3.63, 3.8) is 0 Å². The van der Waals surface area contributed by atoms with Gasteiger partial charge in [-0.2, -0.15) is 4.31 Å². The summed E-state index contributed by atoms with van der Waals surface area (Å²) in [5.74, 6) is -0.269. The van der Waals surface area contributed by atoms with Gasteiger partial charge in [0.1, 0.15) is 6.10 Å². The number of carbonyl (C=O) groups excluding carboxylic acids is 1. The molecule has 8 heteroatoms. The molecule has 2 aliphatic heterocycles. The Morgan fingerprint density at radius 2 is 2.04 bits per heavy atom. The van der Waals surface area contributed by atoms with Gasteiger partial charge in [0.25, 0.3) is 5.91 Å². The van der Waals surface area contributed by atoms with Crippen molar-refractivity contribution in [3.8, 4) is 0 Å². The summed E-state index contributed by atoms with van der Waals surface area (Å²) in [6.45, 7) is 2.79. The molecule has 0 aliphatic carbocycles. The van der Waals surface area contributed by atoms with Crippen LogP contribution in [0.4, 0.5) is 5.69 Å². The molecule has 1 atom stereocenters. The number of ether oxygens (including phenoxy) is 1. The van der Waals surface area contributed by atoms with E-state index in [0.717, 1.165) is 25.8 Å². The Labute approximate surface area is 142 Å². The van der Waals surface area contributed by atoms with E-state index < -0.39 is 16.1 Å². The number of amides is 1. The molecule has 0 saturated carbocycles. The Balaban J connectivity index is 1.72. The van der Waals surface area contributed by atoms with Gasteiger partial charge in [0.2, 0.25) is 10.0 Å². The van der Waals surface area contributed by atoms with E-state index in [1.54, 1.807) is 18.2 Å². The first-order chi connectivity index (χ1) is 11.6. The maximum atomic E-state index is 12.7. The molecule has 7 nitrogen and oxygen atoms in total. The molecule has 0 aromatic heterocycles. The second-order valence-corrected chi connectivity index (χ2v) is 7.98. The first kappa shape index (κ1) is 17.3. The Hall–Kier alpha value is -1.48. The van der Waals surface area contributed by atoms with Crippen molar-refractivity contribution in [1.82, 2.24) is 9.62 Å². The SMILES string of the molecule is O=C(Nc1cccc(S(=O)(=O)N2CCCCC2)c1)C1CNCCO1. The van der Waals surface area contributed by atoms with Crippen LogP contribution >= 0.6 is 0 Å². The topological polar surface area (TPSA) is 87.7 Å².